The maximum atomic E-state index is 13.6. The van der Waals surface area contributed by atoms with Crippen LogP contribution in [0.3, 0.4) is 0 Å². The molecule has 45 heavy (non-hydrogen) atoms. The highest BCUT2D eigenvalue weighted by Gasteiger charge is 2.37. The molecule has 10 nitrogen and oxygen atoms in total. The summed E-state index contributed by atoms with van der Waals surface area (Å²) in [5.74, 6) is -3.54. The molecule has 0 aliphatic carbocycles. The number of carbonyl (C=O) groups is 4. The van der Waals surface area contributed by atoms with Crippen LogP contribution in [0.25, 0.3) is 0 Å². The lowest BCUT2D eigenvalue weighted by molar-refractivity contribution is -0.159. The van der Waals surface area contributed by atoms with E-state index in [0.29, 0.717) is 6.42 Å². The molecule has 3 amide bonds. The van der Waals surface area contributed by atoms with E-state index in [4.69, 9.17) is 9.47 Å². The summed E-state index contributed by atoms with van der Waals surface area (Å²) in [6, 6.07) is 5.87. The Kier molecular flexibility index (Phi) is 17.8. The zero-order valence-electron chi connectivity index (χ0n) is 28.0. The number of ether oxygens (including phenoxy) is 2. The van der Waals surface area contributed by atoms with E-state index >= 15 is 0 Å². The lowest BCUT2D eigenvalue weighted by Gasteiger charge is -2.28. The molecule has 0 saturated carbocycles. The van der Waals surface area contributed by atoms with Crippen molar-refractivity contribution in [1.82, 2.24) is 16.0 Å². The second-order valence-electron chi connectivity index (χ2n) is 12.8. The molecule has 1 heterocycles. The van der Waals surface area contributed by atoms with Gasteiger partial charge in [0.1, 0.15) is 18.2 Å². The molecule has 6 atom stereocenters. The molecule has 1 aromatic rings. The summed E-state index contributed by atoms with van der Waals surface area (Å²) in [6.07, 6.45) is 9.92. The Hall–Kier alpha value is -2.98. The number of benzene rings is 1. The van der Waals surface area contributed by atoms with Gasteiger partial charge in [0.05, 0.1) is 25.2 Å². The number of amides is 3. The number of nitrogens with one attached hydrogen (secondary N) is 3. The van der Waals surface area contributed by atoms with E-state index in [1.165, 1.54) is 45.4 Å². The number of carbonyl (C=O) groups excluding carboxylic acids is 4. The number of aliphatic hydroxyl groups excluding tert-OH is 1. The molecule has 1 aliphatic rings. The summed E-state index contributed by atoms with van der Waals surface area (Å²) in [6.45, 7) is 8.85. The Labute approximate surface area is 269 Å². The van der Waals surface area contributed by atoms with E-state index in [-0.39, 0.29) is 19.1 Å². The van der Waals surface area contributed by atoms with Crippen molar-refractivity contribution < 1.29 is 33.8 Å². The van der Waals surface area contributed by atoms with Crippen molar-refractivity contribution in [3.8, 4) is 0 Å². The quantitative estimate of drug-likeness (QED) is 0.146. The first-order valence-corrected chi connectivity index (χ1v) is 17.0. The van der Waals surface area contributed by atoms with Gasteiger partial charge in [0.2, 0.25) is 17.7 Å². The topological polar surface area (TPSA) is 143 Å². The highest BCUT2D eigenvalue weighted by atomic mass is 16.5. The second kappa shape index (κ2) is 20.9. The van der Waals surface area contributed by atoms with E-state index in [1.807, 2.05) is 30.3 Å². The molecule has 10 heteroatoms. The first-order valence-electron chi connectivity index (χ1n) is 17.0. The van der Waals surface area contributed by atoms with Crippen LogP contribution in [0.5, 0.6) is 0 Å². The third kappa shape index (κ3) is 13.9. The van der Waals surface area contributed by atoms with Crippen molar-refractivity contribution in [3.05, 3.63) is 35.9 Å². The highest BCUT2D eigenvalue weighted by Crippen LogP contribution is 2.20. The Bertz CT molecular complexity index is 1030. The van der Waals surface area contributed by atoms with Gasteiger partial charge in [-0.05, 0) is 31.2 Å². The normalized spacial score (nSPS) is 24.0. The molecule has 0 spiro atoms. The number of hydrogen-bond donors (Lipinski definition) is 4. The van der Waals surface area contributed by atoms with E-state index in [0.717, 1.165) is 31.2 Å². The Morgan fingerprint density at radius 2 is 1.33 bits per heavy atom. The first kappa shape index (κ1) is 38.2. The molecule has 1 saturated heterocycles. The van der Waals surface area contributed by atoms with Gasteiger partial charge in [-0.2, -0.15) is 0 Å². The molecule has 1 aliphatic heterocycles. The van der Waals surface area contributed by atoms with Gasteiger partial charge in [0.15, 0.2) is 6.04 Å². The van der Waals surface area contributed by atoms with E-state index in [2.05, 4.69) is 22.9 Å². The minimum atomic E-state index is -1.36. The SMILES string of the molecule is CCCCCCCCCCCC[C@H]1OC(=O)[C@H](COCc2ccccc2)NC(=O)[C@@H](C(C)O)NC(=O)[C@H](C(C)C)NC(=O)[C@H]1C. The number of esters is 1. The highest BCUT2D eigenvalue weighted by molar-refractivity contribution is 5.94. The smallest absolute Gasteiger partial charge is 0.331 e. The summed E-state index contributed by atoms with van der Waals surface area (Å²) < 4.78 is 11.7. The lowest BCUT2D eigenvalue weighted by Crippen LogP contribution is -2.60. The fourth-order valence-corrected chi connectivity index (χ4v) is 5.41. The summed E-state index contributed by atoms with van der Waals surface area (Å²) in [7, 11) is 0. The molecule has 0 radical (unpaired) electrons. The zero-order chi connectivity index (χ0) is 33.2. The number of cyclic esters (lactones) is 1. The summed E-state index contributed by atoms with van der Waals surface area (Å²) in [4.78, 5) is 53.6. The predicted octanol–water partition coefficient (Wildman–Crippen LogP) is 4.57. The predicted molar refractivity (Wildman–Crippen MR) is 174 cm³/mol. The van der Waals surface area contributed by atoms with Crippen LogP contribution in [0.2, 0.25) is 0 Å². The number of unbranched alkanes of at least 4 members (excludes halogenated alkanes) is 9. The van der Waals surface area contributed by atoms with Crippen molar-refractivity contribution in [1.29, 1.82) is 0 Å². The lowest BCUT2D eigenvalue weighted by atomic mass is 9.95. The maximum Gasteiger partial charge on any atom is 0.331 e. The van der Waals surface area contributed by atoms with Gasteiger partial charge in [-0.15, -0.1) is 0 Å². The largest absolute Gasteiger partial charge is 0.460 e. The fourth-order valence-electron chi connectivity index (χ4n) is 5.41. The third-order valence-corrected chi connectivity index (χ3v) is 8.39. The van der Waals surface area contributed by atoms with E-state index < -0.39 is 59.9 Å². The fraction of sp³-hybridized carbons (Fsp3) is 0.714. The van der Waals surface area contributed by atoms with Crippen molar-refractivity contribution in [2.75, 3.05) is 6.61 Å². The summed E-state index contributed by atoms with van der Waals surface area (Å²) in [5, 5.41) is 18.4. The van der Waals surface area contributed by atoms with Gasteiger partial charge in [-0.1, -0.05) is 116 Å². The second-order valence-corrected chi connectivity index (χ2v) is 12.8. The molecule has 4 N–H and O–H groups in total. The standard InChI is InChI=1S/C35H57N3O7/c1-6-7-8-9-10-11-12-13-14-18-21-29-25(4)32(40)37-30(24(2)3)33(41)38-31(26(5)39)34(42)36-28(35(43)45-29)23-44-22-27-19-16-15-17-20-27/h15-17,19-20,24-26,28-31,39H,6-14,18,21-23H2,1-5H3,(H,36,42)(H,37,40)(H,38,41)/t25-,26?,28-,29+,30-,31+/m0/s1. The van der Waals surface area contributed by atoms with E-state index in [9.17, 15) is 24.3 Å². The van der Waals surface area contributed by atoms with Gasteiger partial charge in [0, 0.05) is 0 Å². The minimum Gasteiger partial charge on any atom is -0.460 e. The van der Waals surface area contributed by atoms with Crippen LogP contribution >= 0.6 is 0 Å². The number of hydrogen-bond acceptors (Lipinski definition) is 7. The molecular weight excluding hydrogens is 574 g/mol. The maximum absolute atomic E-state index is 13.6. The Balaban J connectivity index is 2.19. The molecule has 1 unspecified atom stereocenters. The first-order chi connectivity index (χ1) is 21.5. The van der Waals surface area contributed by atoms with Crippen molar-refractivity contribution in [3.63, 3.8) is 0 Å². The van der Waals surface area contributed by atoms with Crippen molar-refractivity contribution >= 4 is 23.7 Å². The average molecular weight is 632 g/mol. The Morgan fingerprint density at radius 3 is 1.91 bits per heavy atom. The van der Waals surface area contributed by atoms with Crippen LogP contribution in [-0.4, -0.2) is 65.7 Å². The molecular formula is C35H57N3O7. The molecule has 1 aromatic carbocycles. The number of rotatable bonds is 17. The van der Waals surface area contributed by atoms with Crippen LogP contribution in [0.15, 0.2) is 30.3 Å². The van der Waals surface area contributed by atoms with Crippen LogP contribution in [0, 0.1) is 11.8 Å². The van der Waals surface area contributed by atoms with Gasteiger partial charge in [0.25, 0.3) is 0 Å². The summed E-state index contributed by atoms with van der Waals surface area (Å²) >= 11 is 0. The summed E-state index contributed by atoms with van der Waals surface area (Å²) in [5.41, 5.74) is 0.889. The Morgan fingerprint density at radius 1 is 0.778 bits per heavy atom. The van der Waals surface area contributed by atoms with Crippen LogP contribution in [0.1, 0.15) is 111 Å². The molecule has 2 rings (SSSR count). The van der Waals surface area contributed by atoms with Crippen molar-refractivity contribution in [2.45, 2.75) is 142 Å². The van der Waals surface area contributed by atoms with Crippen LogP contribution in [-0.2, 0) is 35.3 Å². The zero-order valence-corrected chi connectivity index (χ0v) is 28.0. The molecule has 1 fully saturated rings. The number of aliphatic hydroxyl groups is 1. The minimum absolute atomic E-state index is 0.194. The molecule has 0 bridgehead atoms. The van der Waals surface area contributed by atoms with Gasteiger partial charge in [-0.3, -0.25) is 14.4 Å². The van der Waals surface area contributed by atoms with Gasteiger partial charge < -0.3 is 30.5 Å². The van der Waals surface area contributed by atoms with Gasteiger partial charge in [-0.25, -0.2) is 4.79 Å². The van der Waals surface area contributed by atoms with Gasteiger partial charge >= 0.3 is 5.97 Å². The van der Waals surface area contributed by atoms with Crippen LogP contribution in [0.4, 0.5) is 0 Å². The van der Waals surface area contributed by atoms with Crippen LogP contribution < -0.4 is 16.0 Å². The molecule has 0 aromatic heterocycles. The molecule has 254 valence electrons. The average Bonchev–Trinajstić information content (AvgIpc) is 3.01. The van der Waals surface area contributed by atoms with E-state index in [1.54, 1.807) is 20.8 Å². The monoisotopic (exact) mass is 631 g/mol. The van der Waals surface area contributed by atoms with Crippen molar-refractivity contribution in [2.24, 2.45) is 11.8 Å². The third-order valence-electron chi connectivity index (χ3n) is 8.39.